The Bertz CT molecular complexity index is 1080. The number of rotatable bonds is 8. The molecule has 186 valence electrons. The lowest BCUT2D eigenvalue weighted by Crippen LogP contribution is -2.59. The summed E-state index contributed by atoms with van der Waals surface area (Å²) in [5.41, 5.74) is 1.88. The molecule has 8 heteroatoms. The Morgan fingerprint density at radius 1 is 1.06 bits per heavy atom. The summed E-state index contributed by atoms with van der Waals surface area (Å²) >= 11 is 0. The molecule has 2 aliphatic rings. The number of nitrogens with zero attached hydrogens (tertiary/aromatic N) is 1. The number of methoxy groups -OCH3 is 1. The van der Waals surface area contributed by atoms with E-state index >= 15 is 0 Å². The van der Waals surface area contributed by atoms with E-state index in [9.17, 15) is 19.5 Å². The molecule has 1 aliphatic heterocycles. The Balaban J connectivity index is 1.46. The number of likely N-dealkylation sites (tertiary alicyclic amines) is 1. The van der Waals surface area contributed by atoms with Crippen LogP contribution in [0.1, 0.15) is 50.2 Å². The number of fused-ring (bicyclic) bond motifs is 3. The lowest BCUT2D eigenvalue weighted by molar-refractivity contribution is -0.161. The van der Waals surface area contributed by atoms with E-state index in [0.717, 1.165) is 22.3 Å². The monoisotopic (exact) mass is 480 g/mol. The summed E-state index contributed by atoms with van der Waals surface area (Å²) < 4.78 is 10.9. The Kier molecular flexibility index (Phi) is 6.85. The van der Waals surface area contributed by atoms with Gasteiger partial charge in [-0.3, -0.25) is 4.79 Å². The summed E-state index contributed by atoms with van der Waals surface area (Å²) in [5.74, 6) is -1.51. The predicted octanol–water partition coefficient (Wildman–Crippen LogP) is 3.79. The minimum absolute atomic E-state index is 0.0637. The van der Waals surface area contributed by atoms with E-state index in [1.165, 1.54) is 12.0 Å². The Hall–Kier alpha value is -3.39. The van der Waals surface area contributed by atoms with Crippen molar-refractivity contribution in [2.75, 3.05) is 26.8 Å². The lowest BCUT2D eigenvalue weighted by Gasteiger charge is -2.35. The van der Waals surface area contributed by atoms with Gasteiger partial charge in [0, 0.05) is 26.0 Å². The van der Waals surface area contributed by atoms with E-state index in [-0.39, 0.29) is 37.9 Å². The van der Waals surface area contributed by atoms with Crippen molar-refractivity contribution in [2.45, 2.75) is 50.2 Å². The van der Waals surface area contributed by atoms with Gasteiger partial charge in [-0.05, 0) is 35.1 Å². The zero-order valence-electron chi connectivity index (χ0n) is 20.4. The molecular weight excluding hydrogens is 448 g/mol. The van der Waals surface area contributed by atoms with Gasteiger partial charge in [0.15, 0.2) is 5.60 Å². The van der Waals surface area contributed by atoms with Crippen molar-refractivity contribution in [3.05, 3.63) is 59.7 Å². The van der Waals surface area contributed by atoms with Crippen molar-refractivity contribution < 1.29 is 29.0 Å². The first kappa shape index (κ1) is 24.7. The fraction of sp³-hybridized carbons (Fsp3) is 0.444. The molecule has 4 rings (SSSR count). The molecule has 0 saturated carbocycles. The number of ether oxygens (including phenoxy) is 2. The number of amides is 2. The van der Waals surface area contributed by atoms with E-state index < -0.39 is 23.2 Å². The van der Waals surface area contributed by atoms with E-state index in [0.29, 0.717) is 12.8 Å². The van der Waals surface area contributed by atoms with Gasteiger partial charge in [0.25, 0.3) is 0 Å². The van der Waals surface area contributed by atoms with Crippen LogP contribution < -0.4 is 5.32 Å². The zero-order valence-corrected chi connectivity index (χ0v) is 20.4. The van der Waals surface area contributed by atoms with Crippen LogP contribution in [0.4, 0.5) is 4.79 Å². The molecule has 0 spiro atoms. The van der Waals surface area contributed by atoms with Gasteiger partial charge in [-0.15, -0.1) is 0 Å². The number of benzene rings is 2. The molecule has 2 aromatic carbocycles. The maximum Gasteiger partial charge on any atom is 0.408 e. The highest BCUT2D eigenvalue weighted by Crippen LogP contribution is 2.44. The number of carboxylic acids is 1. The number of carbonyl (C=O) groups is 3. The Morgan fingerprint density at radius 2 is 1.63 bits per heavy atom. The Morgan fingerprint density at radius 3 is 2.11 bits per heavy atom. The highest BCUT2D eigenvalue weighted by atomic mass is 16.5. The molecule has 1 saturated heterocycles. The molecule has 2 amide bonds. The third-order valence-electron chi connectivity index (χ3n) is 7.60. The van der Waals surface area contributed by atoms with Crippen LogP contribution >= 0.6 is 0 Å². The van der Waals surface area contributed by atoms with Crippen LogP contribution in [0.2, 0.25) is 0 Å². The molecule has 1 fully saturated rings. The van der Waals surface area contributed by atoms with Crippen LogP contribution in [0, 0.1) is 0 Å². The number of carbonyl (C=O) groups excluding carboxylic acids is 2. The Labute approximate surface area is 205 Å². The highest BCUT2D eigenvalue weighted by Gasteiger charge is 2.50. The summed E-state index contributed by atoms with van der Waals surface area (Å²) in [6, 6.07) is 16.2. The predicted molar refractivity (Wildman–Crippen MR) is 130 cm³/mol. The summed E-state index contributed by atoms with van der Waals surface area (Å²) in [6.45, 7) is 3.97. The van der Waals surface area contributed by atoms with Crippen molar-refractivity contribution in [3.8, 4) is 11.1 Å². The van der Waals surface area contributed by atoms with Crippen molar-refractivity contribution in [1.29, 1.82) is 0 Å². The number of hydrogen-bond donors (Lipinski definition) is 2. The number of hydrogen-bond acceptors (Lipinski definition) is 5. The number of carboxylic acid groups (broad SMARTS) is 1. The smallest absolute Gasteiger partial charge is 0.408 e. The van der Waals surface area contributed by atoms with Gasteiger partial charge in [-0.25, -0.2) is 9.59 Å². The topological polar surface area (TPSA) is 105 Å². The molecule has 0 bridgehead atoms. The zero-order chi connectivity index (χ0) is 25.2. The minimum atomic E-state index is -1.42. The van der Waals surface area contributed by atoms with Gasteiger partial charge in [0.1, 0.15) is 12.1 Å². The molecule has 0 radical (unpaired) electrons. The van der Waals surface area contributed by atoms with E-state index in [1.807, 2.05) is 50.2 Å². The minimum Gasteiger partial charge on any atom is -0.479 e. The largest absolute Gasteiger partial charge is 0.479 e. The molecule has 2 N–H and O–H groups in total. The third kappa shape index (κ3) is 4.27. The SMILES string of the molecule is CCC(CC)(NC(=O)OCC1c2ccccc2-c2ccccc21)C(=O)N1CCC(OC)(C(=O)O)C1. The van der Waals surface area contributed by atoms with Crippen molar-refractivity contribution in [1.82, 2.24) is 10.2 Å². The van der Waals surface area contributed by atoms with Crippen LogP contribution in [0.15, 0.2) is 48.5 Å². The highest BCUT2D eigenvalue weighted by molar-refractivity contribution is 5.91. The van der Waals surface area contributed by atoms with Gasteiger partial charge < -0.3 is 24.8 Å². The summed E-state index contributed by atoms with van der Waals surface area (Å²) in [4.78, 5) is 39.6. The maximum absolute atomic E-state index is 13.5. The molecule has 8 nitrogen and oxygen atoms in total. The first-order valence-electron chi connectivity index (χ1n) is 12.0. The number of aliphatic carboxylic acids is 1. The van der Waals surface area contributed by atoms with Crippen molar-refractivity contribution >= 4 is 18.0 Å². The summed E-state index contributed by atoms with van der Waals surface area (Å²) in [6.07, 6.45) is 0.213. The van der Waals surface area contributed by atoms with E-state index in [2.05, 4.69) is 17.4 Å². The van der Waals surface area contributed by atoms with Crippen molar-refractivity contribution in [2.24, 2.45) is 0 Å². The molecule has 1 heterocycles. The number of nitrogens with one attached hydrogen (secondary N) is 1. The van der Waals surface area contributed by atoms with Crippen LogP contribution in [0.25, 0.3) is 11.1 Å². The fourth-order valence-corrected chi connectivity index (χ4v) is 5.30. The first-order chi connectivity index (χ1) is 16.8. The molecule has 1 atom stereocenters. The normalized spacial score (nSPS) is 19.2. The molecule has 1 aliphatic carbocycles. The summed E-state index contributed by atoms with van der Waals surface area (Å²) in [5, 5.41) is 12.4. The van der Waals surface area contributed by atoms with Gasteiger partial charge in [-0.1, -0.05) is 62.4 Å². The standard InChI is InChI=1S/C27H32N2O6/c1-4-26(5-2,23(30)29-15-14-27(17-29,34-3)24(31)32)28-25(33)35-16-22-20-12-8-6-10-18(20)19-11-7-9-13-21(19)22/h6-13,22H,4-5,14-17H2,1-3H3,(H,28,33)(H,31,32). The average Bonchev–Trinajstić information content (AvgIpc) is 3.46. The molecule has 2 aromatic rings. The molecule has 0 aromatic heterocycles. The van der Waals surface area contributed by atoms with Gasteiger partial charge in [0.2, 0.25) is 5.91 Å². The van der Waals surface area contributed by atoms with Crippen LogP contribution in [-0.2, 0) is 19.1 Å². The molecule has 35 heavy (non-hydrogen) atoms. The molecule has 1 unspecified atom stereocenters. The lowest BCUT2D eigenvalue weighted by atomic mass is 9.91. The van der Waals surface area contributed by atoms with Crippen LogP contribution in [0.3, 0.4) is 0 Å². The quantitative estimate of drug-likeness (QED) is 0.596. The van der Waals surface area contributed by atoms with E-state index in [1.54, 1.807) is 0 Å². The third-order valence-corrected chi connectivity index (χ3v) is 7.60. The van der Waals surface area contributed by atoms with Crippen molar-refractivity contribution in [3.63, 3.8) is 0 Å². The first-order valence-corrected chi connectivity index (χ1v) is 12.0. The maximum atomic E-state index is 13.5. The van der Waals surface area contributed by atoms with Gasteiger partial charge in [0.05, 0.1) is 6.54 Å². The molecular formula is C27H32N2O6. The van der Waals surface area contributed by atoms with E-state index in [4.69, 9.17) is 9.47 Å². The second-order valence-electron chi connectivity index (χ2n) is 9.22. The van der Waals surface area contributed by atoms with Gasteiger partial charge in [-0.2, -0.15) is 0 Å². The fourth-order valence-electron chi connectivity index (χ4n) is 5.30. The second-order valence-corrected chi connectivity index (χ2v) is 9.22. The van der Waals surface area contributed by atoms with Crippen LogP contribution in [-0.4, -0.2) is 65.9 Å². The van der Waals surface area contributed by atoms with Crippen LogP contribution in [0.5, 0.6) is 0 Å². The number of alkyl carbamates (subject to hydrolysis) is 1. The second kappa shape index (κ2) is 9.70. The van der Waals surface area contributed by atoms with Gasteiger partial charge >= 0.3 is 12.1 Å². The average molecular weight is 481 g/mol. The summed E-state index contributed by atoms with van der Waals surface area (Å²) in [7, 11) is 1.34.